The van der Waals surface area contributed by atoms with Gasteiger partial charge in [0, 0.05) is 40.8 Å². The minimum absolute atomic E-state index is 0.00942. The van der Waals surface area contributed by atoms with Crippen LogP contribution >= 0.6 is 0 Å². The highest BCUT2D eigenvalue weighted by atomic mass is 16.7. The van der Waals surface area contributed by atoms with E-state index in [0.717, 1.165) is 0 Å². The quantitative estimate of drug-likeness (QED) is 0.569. The third-order valence-electron chi connectivity index (χ3n) is 6.50. The number of carbonyl (C=O) groups is 3. The molecule has 2 N–H and O–H groups in total. The Morgan fingerprint density at radius 2 is 1.42 bits per heavy atom. The first-order valence-electron chi connectivity index (χ1n) is 9.61. The second-order valence-corrected chi connectivity index (χ2v) is 7.89. The van der Waals surface area contributed by atoms with Crippen molar-refractivity contribution in [2.75, 3.05) is 0 Å². The number of aliphatic hydroxyl groups is 2. The van der Waals surface area contributed by atoms with Gasteiger partial charge in [0.15, 0.2) is 5.60 Å². The molecular weight excluding hydrogens is 400 g/mol. The number of ether oxygens (including phenoxy) is 1. The lowest BCUT2D eigenvalue weighted by Gasteiger charge is -2.32. The molecule has 2 heterocycles. The highest BCUT2D eigenvalue weighted by Gasteiger charge is 2.83. The van der Waals surface area contributed by atoms with Gasteiger partial charge in [-0.2, -0.15) is 0 Å². The zero-order valence-electron chi connectivity index (χ0n) is 15.9. The molecule has 0 unspecified atom stereocenters. The fourth-order valence-corrected chi connectivity index (χ4v) is 5.21. The number of Topliss-reactive ketones (excluding diaryl/α,β-unsaturated/α-hetero) is 3. The molecular formula is C23H14N2O6. The molecule has 0 amide bonds. The smallest absolute Gasteiger partial charge is 0.233 e. The van der Waals surface area contributed by atoms with Crippen LogP contribution in [0.5, 0.6) is 0 Å². The maximum atomic E-state index is 13.6. The van der Waals surface area contributed by atoms with E-state index < -0.39 is 40.3 Å². The van der Waals surface area contributed by atoms with Gasteiger partial charge in [-0.1, -0.05) is 48.5 Å². The first-order chi connectivity index (χ1) is 14.9. The lowest BCUT2D eigenvalue weighted by molar-refractivity contribution is -0.255. The summed E-state index contributed by atoms with van der Waals surface area (Å²) in [7, 11) is 0. The summed E-state index contributed by atoms with van der Waals surface area (Å²) >= 11 is 0. The number of benzene rings is 2. The molecule has 0 radical (unpaired) electrons. The van der Waals surface area contributed by atoms with Crippen molar-refractivity contribution in [2.45, 2.75) is 22.9 Å². The molecule has 2 aliphatic carbocycles. The van der Waals surface area contributed by atoms with Crippen molar-refractivity contribution in [1.82, 2.24) is 9.97 Å². The number of aromatic nitrogens is 2. The van der Waals surface area contributed by atoms with E-state index >= 15 is 0 Å². The van der Waals surface area contributed by atoms with Crippen LogP contribution in [0.3, 0.4) is 0 Å². The van der Waals surface area contributed by atoms with Gasteiger partial charge < -0.3 is 14.9 Å². The Labute approximate surface area is 175 Å². The maximum absolute atomic E-state index is 13.6. The molecule has 0 bridgehead atoms. The maximum Gasteiger partial charge on any atom is 0.233 e. The summed E-state index contributed by atoms with van der Waals surface area (Å²) < 4.78 is 5.91. The van der Waals surface area contributed by atoms with Gasteiger partial charge in [-0.25, -0.2) is 0 Å². The fourth-order valence-electron chi connectivity index (χ4n) is 5.21. The minimum Gasteiger partial charge on any atom is -0.376 e. The molecule has 1 aliphatic heterocycles. The van der Waals surface area contributed by atoms with Crippen LogP contribution in [0, 0.1) is 0 Å². The molecule has 31 heavy (non-hydrogen) atoms. The van der Waals surface area contributed by atoms with Gasteiger partial charge in [-0.05, 0) is 0 Å². The molecule has 3 aromatic rings. The Morgan fingerprint density at radius 1 is 0.806 bits per heavy atom. The molecule has 8 heteroatoms. The number of ketones is 3. The second kappa shape index (κ2) is 5.55. The molecule has 1 aromatic heterocycles. The average Bonchev–Trinajstić information content (AvgIpc) is 3.22. The van der Waals surface area contributed by atoms with Crippen LogP contribution in [-0.2, 0) is 10.5 Å². The predicted octanol–water partition coefficient (Wildman–Crippen LogP) is 1.18. The van der Waals surface area contributed by atoms with Crippen molar-refractivity contribution in [3.05, 3.63) is 95.1 Å². The van der Waals surface area contributed by atoms with E-state index in [9.17, 15) is 24.6 Å². The van der Waals surface area contributed by atoms with Gasteiger partial charge in [-0.15, -0.1) is 0 Å². The van der Waals surface area contributed by atoms with E-state index in [1.165, 1.54) is 42.9 Å². The highest BCUT2D eigenvalue weighted by Crippen LogP contribution is 2.64. The number of nitrogens with zero attached hydrogens (tertiary/aromatic N) is 2. The number of hydrogen-bond acceptors (Lipinski definition) is 8. The van der Waals surface area contributed by atoms with Crippen LogP contribution in [0.2, 0.25) is 0 Å². The highest BCUT2D eigenvalue weighted by molar-refractivity contribution is 6.34. The van der Waals surface area contributed by atoms with Crippen LogP contribution in [0.15, 0.2) is 67.1 Å². The van der Waals surface area contributed by atoms with Gasteiger partial charge in [0.2, 0.25) is 28.7 Å². The van der Waals surface area contributed by atoms with Gasteiger partial charge in [0.1, 0.15) is 0 Å². The Morgan fingerprint density at radius 3 is 2.03 bits per heavy atom. The molecule has 6 rings (SSSR count). The van der Waals surface area contributed by atoms with E-state index in [4.69, 9.17) is 4.74 Å². The number of rotatable bonds is 1. The van der Waals surface area contributed by atoms with E-state index in [0.29, 0.717) is 0 Å². The molecule has 1 fully saturated rings. The predicted molar refractivity (Wildman–Crippen MR) is 103 cm³/mol. The first kappa shape index (κ1) is 18.2. The minimum atomic E-state index is -2.67. The summed E-state index contributed by atoms with van der Waals surface area (Å²) in [5.74, 6) is -6.59. The van der Waals surface area contributed by atoms with Crippen LogP contribution in [0.25, 0.3) is 0 Å². The van der Waals surface area contributed by atoms with Crippen molar-refractivity contribution < 1.29 is 29.3 Å². The molecule has 3 aliphatic rings. The third-order valence-corrected chi connectivity index (χ3v) is 6.50. The normalized spacial score (nSPS) is 29.9. The first-order valence-corrected chi connectivity index (χ1v) is 9.61. The topological polar surface area (TPSA) is 127 Å². The average molecular weight is 414 g/mol. The monoisotopic (exact) mass is 414 g/mol. The molecule has 0 saturated carbocycles. The second-order valence-electron chi connectivity index (χ2n) is 7.89. The molecule has 3 atom stereocenters. The van der Waals surface area contributed by atoms with Crippen LogP contribution < -0.4 is 0 Å². The zero-order chi connectivity index (χ0) is 21.6. The summed E-state index contributed by atoms with van der Waals surface area (Å²) in [4.78, 5) is 48.9. The fraction of sp³-hybridized carbons (Fsp3) is 0.174. The van der Waals surface area contributed by atoms with Gasteiger partial charge in [-0.3, -0.25) is 24.4 Å². The molecule has 8 nitrogen and oxygen atoms in total. The Bertz CT molecular complexity index is 1290. The lowest BCUT2D eigenvalue weighted by atomic mass is 9.70. The summed E-state index contributed by atoms with van der Waals surface area (Å²) in [6.07, 6.45) is 3.94. The SMILES string of the molecule is O=C1c2ccccc2C(=O)C12O[C@@]1(O)c3ccccc3C(=O)[C@]1(O)[C@@H]2c1cnccn1. The summed E-state index contributed by atoms with van der Waals surface area (Å²) in [5.41, 5.74) is -4.83. The van der Waals surface area contributed by atoms with E-state index in [1.54, 1.807) is 24.3 Å². The number of hydrogen-bond donors (Lipinski definition) is 2. The largest absolute Gasteiger partial charge is 0.376 e. The lowest BCUT2D eigenvalue weighted by Crippen LogP contribution is -2.54. The summed E-state index contributed by atoms with van der Waals surface area (Å²) in [5, 5.41) is 23.5. The van der Waals surface area contributed by atoms with Crippen LogP contribution in [0.1, 0.15) is 48.2 Å². The van der Waals surface area contributed by atoms with Crippen molar-refractivity contribution in [3.63, 3.8) is 0 Å². The van der Waals surface area contributed by atoms with Gasteiger partial charge in [0.25, 0.3) is 0 Å². The van der Waals surface area contributed by atoms with Crippen molar-refractivity contribution in [1.29, 1.82) is 0 Å². The van der Waals surface area contributed by atoms with E-state index in [-0.39, 0.29) is 27.9 Å². The van der Waals surface area contributed by atoms with E-state index in [2.05, 4.69) is 9.97 Å². The van der Waals surface area contributed by atoms with Crippen LogP contribution in [-0.4, -0.2) is 48.7 Å². The van der Waals surface area contributed by atoms with Crippen LogP contribution in [0.4, 0.5) is 0 Å². The van der Waals surface area contributed by atoms with Crippen molar-refractivity contribution >= 4 is 17.3 Å². The standard InChI is InChI=1S/C23H14N2O6/c26-18-12-5-1-2-6-13(12)19(27)21(18)17(16-11-24-9-10-25-16)22(29)20(28)14-7-3-4-8-15(14)23(22,30)31-21/h1-11,17,29-30H/t17-,22-,23+/m1/s1. The molecule has 152 valence electrons. The van der Waals surface area contributed by atoms with E-state index in [1.807, 2.05) is 0 Å². The molecule has 1 saturated heterocycles. The summed E-state index contributed by atoms with van der Waals surface area (Å²) in [6, 6.07) is 12.2. The molecule has 1 spiro atoms. The third kappa shape index (κ3) is 1.80. The summed E-state index contributed by atoms with van der Waals surface area (Å²) in [6.45, 7) is 0. The Balaban J connectivity index is 1.70. The van der Waals surface area contributed by atoms with Gasteiger partial charge in [0.05, 0.1) is 11.6 Å². The molecule has 2 aromatic carbocycles. The Kier molecular flexibility index (Phi) is 3.26. The van der Waals surface area contributed by atoms with Crippen molar-refractivity contribution in [2.24, 2.45) is 0 Å². The number of carbonyl (C=O) groups excluding carboxylic acids is 3. The zero-order valence-corrected chi connectivity index (χ0v) is 15.9. The van der Waals surface area contributed by atoms with Crippen molar-refractivity contribution in [3.8, 4) is 0 Å². The Hall–Kier alpha value is -3.59. The number of fused-ring (bicyclic) bond motifs is 4. The van der Waals surface area contributed by atoms with Gasteiger partial charge >= 0.3 is 0 Å².